The van der Waals surface area contributed by atoms with E-state index in [1.54, 1.807) is 4.90 Å². The Morgan fingerprint density at radius 2 is 1.86 bits per heavy atom. The van der Waals surface area contributed by atoms with Gasteiger partial charge >= 0.3 is 0 Å². The number of rotatable bonds is 4. The summed E-state index contributed by atoms with van der Waals surface area (Å²) in [5, 5.41) is 4.69. The number of anilines is 1. The van der Waals surface area contributed by atoms with E-state index in [1.807, 2.05) is 71.0 Å². The Labute approximate surface area is 169 Å². The zero-order chi connectivity index (χ0) is 20.7. The monoisotopic (exact) mass is 389 g/mol. The molecule has 0 saturated carbocycles. The van der Waals surface area contributed by atoms with Crippen LogP contribution in [-0.4, -0.2) is 22.6 Å². The van der Waals surface area contributed by atoms with E-state index in [1.165, 1.54) is 0 Å². The number of furan rings is 1. The molecule has 1 aromatic carbocycles. The molecule has 0 fully saturated rings. The predicted molar refractivity (Wildman–Crippen MR) is 112 cm³/mol. The van der Waals surface area contributed by atoms with E-state index in [4.69, 9.17) is 8.94 Å². The Hall–Kier alpha value is -3.41. The summed E-state index contributed by atoms with van der Waals surface area (Å²) in [5.74, 6) is 1.42. The number of amides is 1. The lowest BCUT2D eigenvalue weighted by Gasteiger charge is -2.23. The van der Waals surface area contributed by atoms with Crippen molar-refractivity contribution < 1.29 is 13.7 Å². The van der Waals surface area contributed by atoms with Gasteiger partial charge in [0.05, 0.1) is 22.3 Å². The fourth-order valence-electron chi connectivity index (χ4n) is 3.72. The van der Waals surface area contributed by atoms with Crippen LogP contribution >= 0.6 is 0 Å². The maximum atomic E-state index is 13.7. The van der Waals surface area contributed by atoms with Crippen LogP contribution in [0.4, 0.5) is 5.69 Å². The molecular weight excluding hydrogens is 366 g/mol. The molecule has 0 atom stereocenters. The number of fused-ring (bicyclic) bond motifs is 1. The van der Waals surface area contributed by atoms with Gasteiger partial charge in [0.15, 0.2) is 0 Å². The van der Waals surface area contributed by atoms with E-state index < -0.39 is 0 Å². The Bertz CT molecular complexity index is 1220. The van der Waals surface area contributed by atoms with Gasteiger partial charge in [-0.1, -0.05) is 23.4 Å². The quantitative estimate of drug-likeness (QED) is 0.468. The summed E-state index contributed by atoms with van der Waals surface area (Å²) in [6.07, 6.45) is 0. The zero-order valence-electron chi connectivity index (χ0n) is 17.2. The average Bonchev–Trinajstić information content (AvgIpc) is 3.24. The van der Waals surface area contributed by atoms with Crippen LogP contribution in [0.5, 0.6) is 0 Å². The molecule has 0 aliphatic rings. The minimum atomic E-state index is -0.111. The summed E-state index contributed by atoms with van der Waals surface area (Å²) in [6.45, 7) is 10.1. The molecule has 6 heteroatoms. The molecule has 0 spiro atoms. The number of nitrogens with zero attached hydrogens (tertiary/aromatic N) is 3. The summed E-state index contributed by atoms with van der Waals surface area (Å²) in [5.41, 5.74) is 4.91. The van der Waals surface area contributed by atoms with Crippen molar-refractivity contribution in [2.75, 3.05) is 11.4 Å². The molecule has 1 amide bonds. The maximum absolute atomic E-state index is 13.7. The fourth-order valence-corrected chi connectivity index (χ4v) is 3.72. The molecule has 3 heterocycles. The van der Waals surface area contributed by atoms with Crippen molar-refractivity contribution in [3.63, 3.8) is 0 Å². The smallest absolute Gasteiger partial charge is 0.259 e. The Balaban J connectivity index is 1.92. The number of benzene rings is 1. The third kappa shape index (κ3) is 3.20. The van der Waals surface area contributed by atoms with Crippen LogP contribution in [0.1, 0.15) is 40.1 Å². The third-order valence-corrected chi connectivity index (χ3v) is 5.13. The number of carbonyl (C=O) groups is 1. The van der Waals surface area contributed by atoms with Gasteiger partial charge in [-0.05, 0) is 58.4 Å². The molecule has 4 rings (SSSR count). The van der Waals surface area contributed by atoms with Gasteiger partial charge in [-0.2, -0.15) is 0 Å². The molecule has 0 radical (unpaired) electrons. The van der Waals surface area contributed by atoms with Gasteiger partial charge in [-0.15, -0.1) is 0 Å². The molecule has 0 aliphatic carbocycles. The highest BCUT2D eigenvalue weighted by atomic mass is 16.5. The van der Waals surface area contributed by atoms with Crippen LogP contribution in [0, 0.1) is 27.7 Å². The Morgan fingerprint density at radius 1 is 1.10 bits per heavy atom. The molecule has 3 aromatic heterocycles. The second kappa shape index (κ2) is 7.20. The van der Waals surface area contributed by atoms with Crippen molar-refractivity contribution in [1.29, 1.82) is 0 Å². The van der Waals surface area contributed by atoms with E-state index in [2.05, 4.69) is 10.1 Å². The fraction of sp³-hybridized carbons (Fsp3) is 0.261. The molecule has 29 heavy (non-hydrogen) atoms. The number of para-hydroxylation sites is 1. The number of aromatic nitrogens is 2. The largest absolute Gasteiger partial charge is 0.466 e. The minimum absolute atomic E-state index is 0.111. The van der Waals surface area contributed by atoms with Gasteiger partial charge in [-0.25, -0.2) is 4.98 Å². The van der Waals surface area contributed by atoms with Crippen LogP contribution in [0.25, 0.3) is 22.4 Å². The SMILES string of the molecule is CCN(C(=O)c1cc(-c2cc(C)oc2C)nc2onc(C)c12)c1ccccc1C. The predicted octanol–water partition coefficient (Wildman–Crippen LogP) is 5.38. The molecule has 6 nitrogen and oxygen atoms in total. The first-order valence-corrected chi connectivity index (χ1v) is 9.62. The number of hydrogen-bond acceptors (Lipinski definition) is 5. The van der Waals surface area contributed by atoms with Crippen molar-refractivity contribution >= 4 is 22.7 Å². The molecule has 0 N–H and O–H groups in total. The first-order chi connectivity index (χ1) is 13.9. The van der Waals surface area contributed by atoms with Gasteiger partial charge in [-0.3, -0.25) is 4.79 Å². The molecule has 148 valence electrons. The van der Waals surface area contributed by atoms with Crippen molar-refractivity contribution in [3.05, 3.63) is 64.7 Å². The lowest BCUT2D eigenvalue weighted by Crippen LogP contribution is -2.31. The molecular formula is C23H23N3O3. The van der Waals surface area contributed by atoms with Crippen LogP contribution in [0.2, 0.25) is 0 Å². The van der Waals surface area contributed by atoms with Crippen molar-refractivity contribution in [1.82, 2.24) is 10.1 Å². The summed E-state index contributed by atoms with van der Waals surface area (Å²) >= 11 is 0. The minimum Gasteiger partial charge on any atom is -0.466 e. The normalized spacial score (nSPS) is 11.2. The number of hydrogen-bond donors (Lipinski definition) is 0. The lowest BCUT2D eigenvalue weighted by atomic mass is 10.0. The zero-order valence-corrected chi connectivity index (χ0v) is 17.2. The highest BCUT2D eigenvalue weighted by Gasteiger charge is 2.25. The maximum Gasteiger partial charge on any atom is 0.259 e. The van der Waals surface area contributed by atoms with E-state index in [0.29, 0.717) is 34.6 Å². The first-order valence-electron chi connectivity index (χ1n) is 9.62. The second-order valence-corrected chi connectivity index (χ2v) is 7.17. The summed E-state index contributed by atoms with van der Waals surface area (Å²) in [6, 6.07) is 11.6. The average molecular weight is 389 g/mol. The molecule has 0 aliphatic heterocycles. The number of carbonyl (C=O) groups excluding carboxylic acids is 1. The van der Waals surface area contributed by atoms with Gasteiger partial charge in [0, 0.05) is 17.8 Å². The van der Waals surface area contributed by atoms with Crippen molar-refractivity contribution in [3.8, 4) is 11.3 Å². The van der Waals surface area contributed by atoms with Crippen LogP contribution in [0.3, 0.4) is 0 Å². The molecule has 4 aromatic rings. The van der Waals surface area contributed by atoms with E-state index in [0.717, 1.165) is 28.3 Å². The van der Waals surface area contributed by atoms with E-state index >= 15 is 0 Å². The third-order valence-electron chi connectivity index (χ3n) is 5.13. The number of aryl methyl sites for hydroxylation is 4. The van der Waals surface area contributed by atoms with Crippen molar-refractivity contribution in [2.45, 2.75) is 34.6 Å². The molecule has 0 bridgehead atoms. The molecule has 0 unspecified atom stereocenters. The van der Waals surface area contributed by atoms with Crippen LogP contribution in [-0.2, 0) is 0 Å². The van der Waals surface area contributed by atoms with Crippen molar-refractivity contribution in [2.24, 2.45) is 0 Å². The second-order valence-electron chi connectivity index (χ2n) is 7.17. The first kappa shape index (κ1) is 18.9. The highest BCUT2D eigenvalue weighted by Crippen LogP contribution is 2.32. The summed E-state index contributed by atoms with van der Waals surface area (Å²) in [4.78, 5) is 20.0. The van der Waals surface area contributed by atoms with E-state index in [-0.39, 0.29) is 5.91 Å². The standard InChI is InChI=1S/C23H23N3O3/c1-6-26(20-10-8-7-9-13(20)2)23(27)18-12-19(17-11-14(3)28-16(17)5)24-22-21(18)15(4)25-29-22/h7-12H,6H2,1-5H3. The lowest BCUT2D eigenvalue weighted by molar-refractivity contribution is 0.0989. The Kier molecular flexibility index (Phi) is 4.70. The highest BCUT2D eigenvalue weighted by molar-refractivity contribution is 6.14. The Morgan fingerprint density at radius 3 is 2.52 bits per heavy atom. The van der Waals surface area contributed by atoms with E-state index in [9.17, 15) is 4.79 Å². The van der Waals surface area contributed by atoms with Gasteiger partial charge in [0.1, 0.15) is 11.5 Å². The van der Waals surface area contributed by atoms with Gasteiger partial charge in [0.25, 0.3) is 11.6 Å². The summed E-state index contributed by atoms with van der Waals surface area (Å²) in [7, 11) is 0. The number of pyridine rings is 1. The van der Waals surface area contributed by atoms with Gasteiger partial charge in [0.2, 0.25) is 0 Å². The topological polar surface area (TPSA) is 72.4 Å². The summed E-state index contributed by atoms with van der Waals surface area (Å²) < 4.78 is 11.1. The van der Waals surface area contributed by atoms with Crippen LogP contribution in [0.15, 0.2) is 45.3 Å². The molecule has 0 saturated heterocycles. The van der Waals surface area contributed by atoms with Crippen LogP contribution < -0.4 is 4.90 Å². The van der Waals surface area contributed by atoms with Gasteiger partial charge < -0.3 is 13.8 Å².